The van der Waals surface area contributed by atoms with Gasteiger partial charge in [0.2, 0.25) is 10.0 Å². The van der Waals surface area contributed by atoms with Gasteiger partial charge in [0.1, 0.15) is 0 Å². The predicted octanol–water partition coefficient (Wildman–Crippen LogP) is 3.71. The normalized spacial score (nSPS) is 11.2. The van der Waals surface area contributed by atoms with Crippen LogP contribution in [0.4, 0.5) is 0 Å². The summed E-state index contributed by atoms with van der Waals surface area (Å²) in [5.74, 6) is -0.125. The lowest BCUT2D eigenvalue weighted by Crippen LogP contribution is -2.23. The number of amides is 1. The van der Waals surface area contributed by atoms with Gasteiger partial charge in [-0.3, -0.25) is 4.79 Å². The highest BCUT2D eigenvalue weighted by Gasteiger charge is 2.13. The zero-order valence-electron chi connectivity index (χ0n) is 16.5. The van der Waals surface area contributed by atoms with Crippen LogP contribution in [-0.4, -0.2) is 14.3 Å². The highest BCUT2D eigenvalue weighted by Crippen LogP contribution is 2.12. The maximum Gasteiger partial charge on any atom is 0.251 e. The molecule has 0 radical (unpaired) electrons. The van der Waals surface area contributed by atoms with Gasteiger partial charge >= 0.3 is 0 Å². The average Bonchev–Trinajstić information content (AvgIpc) is 2.72. The minimum Gasteiger partial charge on any atom is -0.348 e. The van der Waals surface area contributed by atoms with Gasteiger partial charge in [-0.2, -0.15) is 0 Å². The summed E-state index contributed by atoms with van der Waals surface area (Å²) >= 11 is 0. The van der Waals surface area contributed by atoms with E-state index in [4.69, 9.17) is 0 Å². The van der Waals surface area contributed by atoms with Crippen molar-refractivity contribution in [2.24, 2.45) is 0 Å². The van der Waals surface area contributed by atoms with E-state index in [0.717, 1.165) is 22.3 Å². The van der Waals surface area contributed by atoms with Crippen molar-refractivity contribution < 1.29 is 13.2 Å². The van der Waals surface area contributed by atoms with E-state index in [-0.39, 0.29) is 17.3 Å². The van der Waals surface area contributed by atoms with Crippen molar-refractivity contribution in [1.82, 2.24) is 10.0 Å². The first-order valence-corrected chi connectivity index (χ1v) is 10.8. The van der Waals surface area contributed by atoms with Crippen LogP contribution in [0.15, 0.2) is 77.7 Å². The molecule has 5 nitrogen and oxygen atoms in total. The maximum absolute atomic E-state index is 12.4. The number of benzene rings is 3. The van der Waals surface area contributed by atoms with Gasteiger partial charge < -0.3 is 5.32 Å². The van der Waals surface area contributed by atoms with Crippen molar-refractivity contribution in [1.29, 1.82) is 0 Å². The Balaban J connectivity index is 1.54. The summed E-state index contributed by atoms with van der Waals surface area (Å²) in [6, 6.07) is 21.6. The molecule has 0 unspecified atom stereocenters. The van der Waals surface area contributed by atoms with E-state index in [0.29, 0.717) is 12.1 Å². The van der Waals surface area contributed by atoms with Crippen LogP contribution in [0.25, 0.3) is 0 Å². The van der Waals surface area contributed by atoms with Crippen molar-refractivity contribution in [3.63, 3.8) is 0 Å². The number of sulfonamides is 1. The molecule has 3 rings (SSSR count). The Morgan fingerprint density at radius 3 is 1.76 bits per heavy atom. The van der Waals surface area contributed by atoms with Crippen LogP contribution in [0.1, 0.15) is 32.6 Å². The molecular weight excluding hydrogens is 384 g/mol. The molecule has 0 aliphatic carbocycles. The van der Waals surface area contributed by atoms with Gasteiger partial charge in [-0.05, 0) is 49.2 Å². The van der Waals surface area contributed by atoms with Crippen LogP contribution in [0, 0.1) is 13.8 Å². The number of nitrogens with one attached hydrogen (secondary N) is 2. The molecule has 0 spiro atoms. The Labute approximate surface area is 171 Å². The first-order valence-electron chi connectivity index (χ1n) is 9.32. The van der Waals surface area contributed by atoms with Gasteiger partial charge in [0, 0.05) is 18.7 Å². The molecule has 0 aliphatic rings. The number of carbonyl (C=O) groups excluding carboxylic acids is 1. The largest absolute Gasteiger partial charge is 0.348 e. The standard InChI is InChI=1S/C23H24N2O3S/c1-17-3-11-21(12-4-17)23(26)24-15-19-7-9-20(10-8-19)16-25-29(27,28)22-13-5-18(2)6-14-22/h3-14,25H,15-16H2,1-2H3,(H,24,26). The number of aryl methyl sites for hydroxylation is 2. The molecule has 29 heavy (non-hydrogen) atoms. The summed E-state index contributed by atoms with van der Waals surface area (Å²) in [6.07, 6.45) is 0. The number of hydrogen-bond acceptors (Lipinski definition) is 3. The minimum atomic E-state index is -3.55. The summed E-state index contributed by atoms with van der Waals surface area (Å²) in [4.78, 5) is 12.4. The molecule has 0 bridgehead atoms. The molecule has 3 aromatic carbocycles. The molecule has 2 N–H and O–H groups in total. The SMILES string of the molecule is Cc1ccc(C(=O)NCc2ccc(CNS(=O)(=O)c3ccc(C)cc3)cc2)cc1. The van der Waals surface area contributed by atoms with Gasteiger partial charge in [-0.1, -0.05) is 59.7 Å². The fourth-order valence-electron chi connectivity index (χ4n) is 2.74. The van der Waals surface area contributed by atoms with Crippen LogP contribution in [0.5, 0.6) is 0 Å². The second-order valence-electron chi connectivity index (χ2n) is 7.00. The van der Waals surface area contributed by atoms with Gasteiger partial charge in [-0.25, -0.2) is 13.1 Å². The molecule has 1 amide bonds. The van der Waals surface area contributed by atoms with E-state index in [1.54, 1.807) is 36.4 Å². The number of rotatable bonds is 7. The van der Waals surface area contributed by atoms with Gasteiger partial charge in [0.15, 0.2) is 0 Å². The molecule has 6 heteroatoms. The van der Waals surface area contributed by atoms with Crippen LogP contribution >= 0.6 is 0 Å². The number of hydrogen-bond donors (Lipinski definition) is 2. The third kappa shape index (κ3) is 5.76. The van der Waals surface area contributed by atoms with Crippen molar-refractivity contribution in [2.75, 3.05) is 0 Å². The first-order chi connectivity index (χ1) is 13.8. The quantitative estimate of drug-likeness (QED) is 0.626. The topological polar surface area (TPSA) is 75.3 Å². The van der Waals surface area contributed by atoms with Crippen molar-refractivity contribution in [3.05, 3.63) is 101 Å². The molecule has 0 heterocycles. The zero-order chi connectivity index (χ0) is 20.9. The molecule has 3 aromatic rings. The molecular formula is C23H24N2O3S. The number of carbonyl (C=O) groups is 1. The predicted molar refractivity (Wildman–Crippen MR) is 114 cm³/mol. The zero-order valence-corrected chi connectivity index (χ0v) is 17.3. The van der Waals surface area contributed by atoms with Crippen LogP contribution in [0.2, 0.25) is 0 Å². The van der Waals surface area contributed by atoms with E-state index in [1.165, 1.54) is 0 Å². The van der Waals surface area contributed by atoms with Gasteiger partial charge in [0.05, 0.1) is 4.90 Å². The van der Waals surface area contributed by atoms with Crippen LogP contribution in [0.3, 0.4) is 0 Å². The Morgan fingerprint density at radius 1 is 0.724 bits per heavy atom. The summed E-state index contributed by atoms with van der Waals surface area (Å²) in [6.45, 7) is 4.49. The Morgan fingerprint density at radius 2 is 1.21 bits per heavy atom. The van der Waals surface area contributed by atoms with E-state index in [2.05, 4.69) is 10.0 Å². The molecule has 0 fully saturated rings. The van der Waals surface area contributed by atoms with Crippen molar-refractivity contribution >= 4 is 15.9 Å². The lowest BCUT2D eigenvalue weighted by Gasteiger charge is -2.09. The fraction of sp³-hybridized carbons (Fsp3) is 0.174. The Hall–Kier alpha value is -2.96. The second-order valence-corrected chi connectivity index (χ2v) is 8.77. The maximum atomic E-state index is 12.4. The highest BCUT2D eigenvalue weighted by molar-refractivity contribution is 7.89. The van der Waals surface area contributed by atoms with E-state index in [1.807, 2.05) is 50.2 Å². The molecule has 0 saturated heterocycles. The second kappa shape index (κ2) is 9.03. The average molecular weight is 409 g/mol. The first kappa shape index (κ1) is 20.8. The molecule has 150 valence electrons. The van der Waals surface area contributed by atoms with Crippen molar-refractivity contribution in [3.8, 4) is 0 Å². The van der Waals surface area contributed by atoms with E-state index in [9.17, 15) is 13.2 Å². The van der Waals surface area contributed by atoms with Gasteiger partial charge in [0.25, 0.3) is 5.91 Å². The van der Waals surface area contributed by atoms with Crippen molar-refractivity contribution in [2.45, 2.75) is 31.8 Å². The summed E-state index contributed by atoms with van der Waals surface area (Å²) in [5, 5.41) is 2.89. The van der Waals surface area contributed by atoms with Gasteiger partial charge in [-0.15, -0.1) is 0 Å². The molecule has 0 atom stereocenters. The smallest absolute Gasteiger partial charge is 0.251 e. The summed E-state index contributed by atoms with van der Waals surface area (Å²) < 4.78 is 27.3. The van der Waals surface area contributed by atoms with Crippen LogP contribution in [-0.2, 0) is 23.1 Å². The lowest BCUT2D eigenvalue weighted by atomic mass is 10.1. The fourth-order valence-corrected chi connectivity index (χ4v) is 3.76. The monoisotopic (exact) mass is 408 g/mol. The van der Waals surface area contributed by atoms with Crippen LogP contribution < -0.4 is 10.0 Å². The molecule has 0 aliphatic heterocycles. The van der Waals surface area contributed by atoms with E-state index < -0.39 is 10.0 Å². The third-order valence-electron chi connectivity index (χ3n) is 4.59. The van der Waals surface area contributed by atoms with E-state index >= 15 is 0 Å². The third-order valence-corrected chi connectivity index (χ3v) is 6.00. The molecule has 0 saturated carbocycles. The lowest BCUT2D eigenvalue weighted by molar-refractivity contribution is 0.0951. The Bertz CT molecular complexity index is 1070. The summed E-state index contributed by atoms with van der Waals surface area (Å²) in [7, 11) is -3.55. The highest BCUT2D eigenvalue weighted by atomic mass is 32.2. The Kier molecular flexibility index (Phi) is 6.46. The summed E-state index contributed by atoms with van der Waals surface area (Å²) in [5.41, 5.74) is 4.52. The molecule has 0 aromatic heterocycles. The minimum absolute atomic E-state index is 0.125.